The van der Waals surface area contributed by atoms with Crippen LogP contribution in [0.5, 0.6) is 0 Å². The molecule has 11 heteroatoms. The molecule has 0 atom stereocenters. The maximum atomic E-state index is 14.1. The number of aryl methyl sites for hydroxylation is 2. The summed E-state index contributed by atoms with van der Waals surface area (Å²) in [7, 11) is 0. The number of amides is 1. The molecule has 6 nitrogen and oxygen atoms in total. The van der Waals surface area contributed by atoms with Crippen molar-refractivity contribution < 1.29 is 26.7 Å². The quantitative estimate of drug-likeness (QED) is 0.235. The van der Waals surface area contributed by atoms with Gasteiger partial charge in [-0.1, -0.05) is 18.2 Å². The molecule has 35 heavy (non-hydrogen) atoms. The lowest BCUT2D eigenvalue weighted by atomic mass is 10.1. The molecule has 0 saturated carbocycles. The second-order valence-electron chi connectivity index (χ2n) is 8.00. The van der Waals surface area contributed by atoms with Crippen LogP contribution in [0, 0.1) is 56.8 Å². The van der Waals surface area contributed by atoms with Crippen LogP contribution in [0.1, 0.15) is 38.7 Å². The highest BCUT2D eigenvalue weighted by atomic mass is 19.2. The lowest BCUT2D eigenvalue weighted by Crippen LogP contribution is -2.16. The van der Waals surface area contributed by atoms with Crippen LogP contribution in [-0.2, 0) is 6.54 Å². The van der Waals surface area contributed by atoms with Gasteiger partial charge in [-0.15, -0.1) is 0 Å². The van der Waals surface area contributed by atoms with Gasteiger partial charge < -0.3 is 5.32 Å². The van der Waals surface area contributed by atoms with Crippen molar-refractivity contribution >= 4 is 11.6 Å². The van der Waals surface area contributed by atoms with Crippen LogP contribution in [-0.4, -0.2) is 25.5 Å². The Labute approximate surface area is 197 Å². The second-order valence-corrected chi connectivity index (χ2v) is 8.00. The van der Waals surface area contributed by atoms with E-state index in [0.717, 1.165) is 10.4 Å². The minimum absolute atomic E-state index is 0.255. The van der Waals surface area contributed by atoms with Gasteiger partial charge in [0.15, 0.2) is 23.3 Å². The summed E-state index contributed by atoms with van der Waals surface area (Å²) in [4.78, 5) is 13.1. The highest BCUT2D eigenvalue weighted by molar-refractivity contribution is 6.06. The summed E-state index contributed by atoms with van der Waals surface area (Å²) in [5.74, 6) is -10.6. The smallest absolute Gasteiger partial charge is 0.259 e. The molecule has 0 aliphatic heterocycles. The number of halogens is 5. The van der Waals surface area contributed by atoms with E-state index in [-0.39, 0.29) is 11.4 Å². The van der Waals surface area contributed by atoms with Crippen LogP contribution in [0.2, 0.25) is 0 Å². The number of hydrogen-bond acceptors (Lipinski definition) is 3. The average Bonchev–Trinajstić information content (AvgIpc) is 3.28. The van der Waals surface area contributed by atoms with Crippen molar-refractivity contribution in [2.24, 2.45) is 0 Å². The summed E-state index contributed by atoms with van der Waals surface area (Å²) in [5.41, 5.74) is 1.97. The zero-order valence-electron chi connectivity index (χ0n) is 19.2. The van der Waals surface area contributed by atoms with Gasteiger partial charge in [-0.05, 0) is 39.8 Å². The number of para-hydroxylation sites is 1. The molecule has 0 aliphatic rings. The fraction of sp³-hybridized carbons (Fsp3) is 0.208. The molecule has 0 bridgehead atoms. The summed E-state index contributed by atoms with van der Waals surface area (Å²) in [6.07, 6.45) is 0. The summed E-state index contributed by atoms with van der Waals surface area (Å²) in [6, 6.07) is 9.24. The van der Waals surface area contributed by atoms with Crippen LogP contribution in [0.3, 0.4) is 0 Å². The summed E-state index contributed by atoms with van der Waals surface area (Å²) in [5, 5.41) is 11.3. The SMILES string of the molecule is Cc1nn(Cc2c(F)c(F)c(F)c(F)c2F)c(C)c1NC(=O)c1c(C)nn(-c2ccccc2)c1C. The van der Waals surface area contributed by atoms with E-state index in [4.69, 9.17) is 0 Å². The fourth-order valence-corrected chi connectivity index (χ4v) is 3.94. The lowest BCUT2D eigenvalue weighted by Gasteiger charge is -2.10. The normalized spacial score (nSPS) is 11.2. The highest BCUT2D eigenvalue weighted by Gasteiger charge is 2.27. The van der Waals surface area contributed by atoms with Crippen molar-refractivity contribution in [1.82, 2.24) is 19.6 Å². The minimum Gasteiger partial charge on any atom is -0.319 e. The number of nitrogens with one attached hydrogen (secondary N) is 1. The van der Waals surface area contributed by atoms with E-state index in [1.165, 1.54) is 6.92 Å². The summed E-state index contributed by atoms with van der Waals surface area (Å²) < 4.78 is 71.5. The Morgan fingerprint density at radius 1 is 0.800 bits per heavy atom. The molecular weight excluding hydrogens is 469 g/mol. The zero-order valence-corrected chi connectivity index (χ0v) is 19.2. The van der Waals surface area contributed by atoms with Crippen molar-refractivity contribution in [1.29, 1.82) is 0 Å². The van der Waals surface area contributed by atoms with E-state index in [1.807, 2.05) is 30.3 Å². The standard InChI is InChI=1S/C24H20F5N5O/c1-11-17(13(3)34(32-11)15-8-6-5-7-9-15)24(35)30-23-12(2)31-33(14(23)4)10-16-18(25)20(27)22(29)21(28)19(16)26/h5-9H,10H2,1-4H3,(H,30,35). The van der Waals surface area contributed by atoms with Crippen molar-refractivity contribution in [3.8, 4) is 5.69 Å². The maximum absolute atomic E-state index is 14.1. The molecule has 4 aromatic rings. The number of carbonyl (C=O) groups is 1. The van der Waals surface area contributed by atoms with E-state index in [1.54, 1.807) is 25.5 Å². The average molecular weight is 489 g/mol. The van der Waals surface area contributed by atoms with Gasteiger partial charge in [-0.2, -0.15) is 10.2 Å². The van der Waals surface area contributed by atoms with Gasteiger partial charge in [0, 0.05) is 0 Å². The molecule has 1 amide bonds. The number of aromatic nitrogens is 4. The van der Waals surface area contributed by atoms with Crippen LogP contribution < -0.4 is 5.32 Å². The third-order valence-electron chi connectivity index (χ3n) is 5.75. The van der Waals surface area contributed by atoms with Crippen LogP contribution in [0.15, 0.2) is 30.3 Å². The second kappa shape index (κ2) is 8.97. The monoisotopic (exact) mass is 489 g/mol. The Balaban J connectivity index is 1.66. The largest absolute Gasteiger partial charge is 0.319 e. The zero-order chi connectivity index (χ0) is 25.6. The van der Waals surface area contributed by atoms with Gasteiger partial charge >= 0.3 is 0 Å². The first-order chi connectivity index (χ1) is 16.5. The Kier molecular flexibility index (Phi) is 6.18. The number of anilines is 1. The predicted octanol–water partition coefficient (Wildman–Crippen LogP) is 5.30. The van der Waals surface area contributed by atoms with Gasteiger partial charge in [0.1, 0.15) is 0 Å². The Bertz CT molecular complexity index is 1430. The first-order valence-corrected chi connectivity index (χ1v) is 10.5. The van der Waals surface area contributed by atoms with Gasteiger partial charge in [-0.3, -0.25) is 9.48 Å². The van der Waals surface area contributed by atoms with E-state index in [9.17, 15) is 26.7 Å². The first-order valence-electron chi connectivity index (χ1n) is 10.5. The van der Waals surface area contributed by atoms with Crippen LogP contribution >= 0.6 is 0 Å². The Morgan fingerprint density at radius 3 is 1.97 bits per heavy atom. The Hall–Kier alpha value is -4.02. The van der Waals surface area contributed by atoms with E-state index in [2.05, 4.69) is 15.5 Å². The minimum atomic E-state index is -2.23. The van der Waals surface area contributed by atoms with Gasteiger partial charge in [0.25, 0.3) is 5.91 Å². The molecule has 4 rings (SSSR count). The maximum Gasteiger partial charge on any atom is 0.259 e. The van der Waals surface area contributed by atoms with Gasteiger partial charge in [-0.25, -0.2) is 26.6 Å². The fourth-order valence-electron chi connectivity index (χ4n) is 3.94. The van der Waals surface area contributed by atoms with Crippen LogP contribution in [0.4, 0.5) is 27.6 Å². The molecule has 0 saturated heterocycles. The van der Waals surface area contributed by atoms with Crippen molar-refractivity contribution in [3.05, 3.63) is 93.3 Å². The van der Waals surface area contributed by atoms with E-state index >= 15 is 0 Å². The van der Waals surface area contributed by atoms with Gasteiger partial charge in [0.05, 0.1) is 51.8 Å². The highest BCUT2D eigenvalue weighted by Crippen LogP contribution is 2.27. The number of hydrogen-bond donors (Lipinski definition) is 1. The molecule has 0 spiro atoms. The topological polar surface area (TPSA) is 64.7 Å². The van der Waals surface area contributed by atoms with Crippen LogP contribution in [0.25, 0.3) is 5.69 Å². The molecule has 0 unspecified atom stereocenters. The molecule has 0 aliphatic carbocycles. The number of rotatable bonds is 5. The molecule has 2 heterocycles. The number of carbonyl (C=O) groups excluding carboxylic acids is 1. The molecular formula is C24H20F5N5O. The summed E-state index contributed by atoms with van der Waals surface area (Å²) in [6.45, 7) is 5.76. The molecule has 182 valence electrons. The van der Waals surface area contributed by atoms with Crippen molar-refractivity contribution in [3.63, 3.8) is 0 Å². The molecule has 0 radical (unpaired) electrons. The van der Waals surface area contributed by atoms with E-state index < -0.39 is 47.1 Å². The van der Waals surface area contributed by atoms with Crippen molar-refractivity contribution in [2.45, 2.75) is 34.2 Å². The molecule has 1 N–H and O–H groups in total. The molecule has 2 aromatic carbocycles. The number of benzene rings is 2. The molecule has 2 aromatic heterocycles. The summed E-state index contributed by atoms with van der Waals surface area (Å²) >= 11 is 0. The third-order valence-corrected chi connectivity index (χ3v) is 5.75. The third kappa shape index (κ3) is 4.07. The predicted molar refractivity (Wildman–Crippen MR) is 118 cm³/mol. The van der Waals surface area contributed by atoms with Gasteiger partial charge in [0.2, 0.25) is 5.82 Å². The lowest BCUT2D eigenvalue weighted by molar-refractivity contribution is 0.102. The molecule has 0 fully saturated rings. The first kappa shape index (κ1) is 24.1. The Morgan fingerprint density at radius 2 is 1.37 bits per heavy atom. The van der Waals surface area contributed by atoms with Crippen molar-refractivity contribution in [2.75, 3.05) is 5.32 Å². The number of nitrogens with zero attached hydrogens (tertiary/aromatic N) is 4. The van der Waals surface area contributed by atoms with E-state index in [0.29, 0.717) is 22.6 Å².